The van der Waals surface area contributed by atoms with Crippen LogP contribution in [-0.2, 0) is 15.4 Å². The molecule has 0 bridgehead atoms. The number of hydrogen-bond acceptors (Lipinski definition) is 3. The van der Waals surface area contributed by atoms with Gasteiger partial charge in [-0.2, -0.15) is 0 Å². The maximum absolute atomic E-state index is 10.9. The van der Waals surface area contributed by atoms with E-state index in [1.165, 1.54) is 0 Å². The van der Waals surface area contributed by atoms with Crippen LogP contribution in [0.3, 0.4) is 0 Å². The van der Waals surface area contributed by atoms with Crippen LogP contribution in [0.1, 0.15) is 23.5 Å². The number of ether oxygens (including phenoxy) is 1. The second kappa shape index (κ2) is 5.12. The lowest BCUT2D eigenvalue weighted by molar-refractivity contribution is 0.120. The second-order valence-electron chi connectivity index (χ2n) is 3.00. The van der Waals surface area contributed by atoms with Crippen LogP contribution in [0.25, 0.3) is 0 Å². The Kier molecular flexibility index (Phi) is 4.10. The van der Waals surface area contributed by atoms with Gasteiger partial charge in [-0.05, 0) is 19.4 Å². The zero-order valence-corrected chi connectivity index (χ0v) is 9.16. The SMILES string of the molecule is CCOC(c1ccc(C)cc1)[SH](=O)=O. The van der Waals surface area contributed by atoms with Gasteiger partial charge in [0.2, 0.25) is 0 Å². The van der Waals surface area contributed by atoms with Crippen LogP contribution < -0.4 is 0 Å². The fourth-order valence-electron chi connectivity index (χ4n) is 1.17. The van der Waals surface area contributed by atoms with Crippen molar-refractivity contribution < 1.29 is 13.2 Å². The van der Waals surface area contributed by atoms with Crippen LogP contribution >= 0.6 is 0 Å². The van der Waals surface area contributed by atoms with Gasteiger partial charge in [0.15, 0.2) is 16.1 Å². The third kappa shape index (κ3) is 2.82. The van der Waals surface area contributed by atoms with Crippen LogP contribution in [0.15, 0.2) is 24.3 Å². The van der Waals surface area contributed by atoms with Crippen molar-refractivity contribution in [2.24, 2.45) is 0 Å². The molecule has 1 atom stereocenters. The maximum Gasteiger partial charge on any atom is 0.181 e. The lowest BCUT2D eigenvalue weighted by atomic mass is 10.2. The van der Waals surface area contributed by atoms with Gasteiger partial charge in [-0.3, -0.25) is 0 Å². The van der Waals surface area contributed by atoms with Crippen LogP contribution in [0.4, 0.5) is 0 Å². The highest BCUT2D eigenvalue weighted by Crippen LogP contribution is 2.18. The summed E-state index contributed by atoms with van der Waals surface area (Å²) in [6.07, 6.45) is 0. The largest absolute Gasteiger partial charge is 0.358 e. The van der Waals surface area contributed by atoms with E-state index in [4.69, 9.17) is 4.74 Å². The fourth-order valence-corrected chi connectivity index (χ4v) is 1.85. The monoisotopic (exact) mass is 214 g/mol. The Labute approximate surface area is 85.7 Å². The van der Waals surface area contributed by atoms with E-state index in [1.807, 2.05) is 19.1 Å². The highest BCUT2D eigenvalue weighted by molar-refractivity contribution is 7.72. The molecule has 0 heterocycles. The Morgan fingerprint density at radius 3 is 2.29 bits per heavy atom. The zero-order chi connectivity index (χ0) is 10.6. The van der Waals surface area contributed by atoms with Crippen molar-refractivity contribution in [2.75, 3.05) is 6.61 Å². The molecule has 14 heavy (non-hydrogen) atoms. The van der Waals surface area contributed by atoms with Crippen molar-refractivity contribution in [3.8, 4) is 0 Å². The van der Waals surface area contributed by atoms with E-state index in [0.717, 1.165) is 5.56 Å². The third-order valence-corrected chi connectivity index (χ3v) is 2.71. The normalized spacial score (nSPS) is 13.1. The number of rotatable bonds is 4. The van der Waals surface area contributed by atoms with Gasteiger partial charge >= 0.3 is 0 Å². The predicted molar refractivity (Wildman–Crippen MR) is 55.9 cm³/mol. The zero-order valence-electron chi connectivity index (χ0n) is 8.27. The van der Waals surface area contributed by atoms with Gasteiger partial charge in [0.1, 0.15) is 0 Å². The summed E-state index contributed by atoms with van der Waals surface area (Å²) in [7, 11) is -2.58. The van der Waals surface area contributed by atoms with Crippen LogP contribution in [0.2, 0.25) is 0 Å². The van der Waals surface area contributed by atoms with Crippen molar-refractivity contribution >= 4 is 10.7 Å². The van der Waals surface area contributed by atoms with E-state index in [2.05, 4.69) is 0 Å². The smallest absolute Gasteiger partial charge is 0.181 e. The van der Waals surface area contributed by atoms with Crippen molar-refractivity contribution in [3.05, 3.63) is 35.4 Å². The molecule has 3 nitrogen and oxygen atoms in total. The molecule has 0 fully saturated rings. The third-order valence-electron chi connectivity index (χ3n) is 1.88. The molecular weight excluding hydrogens is 200 g/mol. The molecule has 1 unspecified atom stereocenters. The molecule has 0 saturated heterocycles. The Morgan fingerprint density at radius 1 is 1.29 bits per heavy atom. The Morgan fingerprint density at radius 2 is 1.86 bits per heavy atom. The molecule has 0 saturated carbocycles. The van der Waals surface area contributed by atoms with E-state index < -0.39 is 16.1 Å². The summed E-state index contributed by atoms with van der Waals surface area (Å²) < 4.78 is 26.9. The number of hydrogen-bond donors (Lipinski definition) is 1. The topological polar surface area (TPSA) is 43.4 Å². The van der Waals surface area contributed by atoms with Crippen LogP contribution in [0, 0.1) is 6.92 Å². The number of thiol groups is 1. The molecule has 0 amide bonds. The number of benzene rings is 1. The molecule has 4 heteroatoms. The maximum atomic E-state index is 10.9. The van der Waals surface area contributed by atoms with Crippen molar-refractivity contribution in [2.45, 2.75) is 19.3 Å². The lowest BCUT2D eigenvalue weighted by Crippen LogP contribution is -2.05. The van der Waals surface area contributed by atoms with Crippen molar-refractivity contribution in [1.29, 1.82) is 0 Å². The Bertz CT molecular complexity index is 346. The van der Waals surface area contributed by atoms with E-state index in [-0.39, 0.29) is 0 Å². The first kappa shape index (κ1) is 11.2. The van der Waals surface area contributed by atoms with E-state index in [0.29, 0.717) is 12.2 Å². The molecule has 0 aliphatic rings. The van der Waals surface area contributed by atoms with Gasteiger partial charge in [0, 0.05) is 6.61 Å². The predicted octanol–water partition coefficient (Wildman–Crippen LogP) is 1.64. The van der Waals surface area contributed by atoms with Gasteiger partial charge < -0.3 is 4.74 Å². The first-order valence-corrected chi connectivity index (χ1v) is 5.71. The lowest BCUT2D eigenvalue weighted by Gasteiger charge is -2.10. The summed E-state index contributed by atoms with van der Waals surface area (Å²) in [6, 6.07) is 7.31. The summed E-state index contributed by atoms with van der Waals surface area (Å²) in [5.41, 5.74) is 0.981. The molecule has 1 aromatic rings. The second-order valence-corrected chi connectivity index (χ2v) is 4.04. The number of aryl methyl sites for hydroxylation is 1. The van der Waals surface area contributed by atoms with Gasteiger partial charge in [0.25, 0.3) is 0 Å². The molecule has 0 N–H and O–H groups in total. The summed E-state index contributed by atoms with van der Waals surface area (Å²) in [6.45, 7) is 4.12. The van der Waals surface area contributed by atoms with Gasteiger partial charge in [-0.15, -0.1) is 0 Å². The first-order valence-electron chi connectivity index (χ1n) is 4.46. The molecule has 1 rings (SSSR count). The minimum atomic E-state index is -2.58. The van der Waals surface area contributed by atoms with Crippen LogP contribution in [0.5, 0.6) is 0 Å². The molecule has 0 aliphatic heterocycles. The van der Waals surface area contributed by atoms with Crippen molar-refractivity contribution in [3.63, 3.8) is 0 Å². The molecule has 78 valence electrons. The summed E-state index contributed by atoms with van der Waals surface area (Å²) in [4.78, 5) is 0. The molecule has 0 radical (unpaired) electrons. The Balaban J connectivity index is 2.93. The average Bonchev–Trinajstić information content (AvgIpc) is 2.15. The highest BCUT2D eigenvalue weighted by Gasteiger charge is 2.13. The van der Waals surface area contributed by atoms with Gasteiger partial charge in [0.05, 0.1) is 0 Å². The standard InChI is InChI=1S/C10H14O3S/c1-3-13-10(14(11)12)9-6-4-8(2)5-7-9/h4-7,10,14H,3H2,1-2H3. The first-order chi connectivity index (χ1) is 6.65. The van der Waals surface area contributed by atoms with Crippen molar-refractivity contribution in [1.82, 2.24) is 0 Å². The summed E-state index contributed by atoms with van der Waals surface area (Å²) >= 11 is 0. The Hall–Kier alpha value is -0.870. The summed E-state index contributed by atoms with van der Waals surface area (Å²) in [5, 5.41) is 0. The quantitative estimate of drug-likeness (QED) is 0.775. The van der Waals surface area contributed by atoms with Crippen LogP contribution in [-0.4, -0.2) is 15.0 Å². The molecule has 1 aromatic carbocycles. The molecule has 0 spiro atoms. The highest BCUT2D eigenvalue weighted by atomic mass is 32.2. The van der Waals surface area contributed by atoms with E-state index in [1.54, 1.807) is 19.1 Å². The van der Waals surface area contributed by atoms with E-state index in [9.17, 15) is 8.42 Å². The summed E-state index contributed by atoms with van der Waals surface area (Å²) in [5.74, 6) is 0. The van der Waals surface area contributed by atoms with E-state index >= 15 is 0 Å². The van der Waals surface area contributed by atoms with Gasteiger partial charge in [-0.1, -0.05) is 29.8 Å². The molecule has 0 aliphatic carbocycles. The average molecular weight is 214 g/mol. The minimum Gasteiger partial charge on any atom is -0.358 e. The van der Waals surface area contributed by atoms with Gasteiger partial charge in [-0.25, -0.2) is 8.42 Å². The molecule has 0 aromatic heterocycles. The molecular formula is C10H14O3S. The fraction of sp³-hybridized carbons (Fsp3) is 0.400. The minimum absolute atomic E-state index is 0.391.